The Morgan fingerprint density at radius 2 is 1.86 bits per heavy atom. The maximum atomic E-state index is 6.07. The normalized spacial score (nSPS) is 12.2. The van der Waals surface area contributed by atoms with Crippen LogP contribution in [0, 0.1) is 5.92 Å². The third-order valence-corrected chi connectivity index (χ3v) is 3.59. The molecule has 0 saturated heterocycles. The van der Waals surface area contributed by atoms with Crippen LogP contribution in [0.15, 0.2) is 12.1 Å². The standard InChI is InChI=1S/C18H32N2O/c1-8-18(6,7)21-17-10-15(12-19-11-13(2)3)9-16(20-17)14(4)5/h9-10,13-14,19H,8,11-12H2,1-7H3. The highest BCUT2D eigenvalue weighted by molar-refractivity contribution is 5.27. The number of rotatable bonds is 8. The molecule has 0 saturated carbocycles. The van der Waals surface area contributed by atoms with Gasteiger partial charge in [0.1, 0.15) is 5.60 Å². The molecule has 3 heteroatoms. The molecule has 0 atom stereocenters. The van der Waals surface area contributed by atoms with Crippen molar-refractivity contribution >= 4 is 0 Å². The molecule has 1 aromatic heterocycles. The Morgan fingerprint density at radius 1 is 1.19 bits per heavy atom. The van der Waals surface area contributed by atoms with Crippen LogP contribution in [0.4, 0.5) is 0 Å². The molecule has 0 aliphatic carbocycles. The van der Waals surface area contributed by atoms with Gasteiger partial charge in [-0.25, -0.2) is 4.98 Å². The molecule has 21 heavy (non-hydrogen) atoms. The van der Waals surface area contributed by atoms with Crippen LogP contribution in [-0.4, -0.2) is 17.1 Å². The second-order valence-electron chi connectivity index (χ2n) is 7.13. The number of nitrogens with zero attached hydrogens (tertiary/aromatic N) is 1. The largest absolute Gasteiger partial charge is 0.472 e. The van der Waals surface area contributed by atoms with Gasteiger partial charge in [0.25, 0.3) is 0 Å². The Morgan fingerprint density at radius 3 is 2.38 bits per heavy atom. The highest BCUT2D eigenvalue weighted by Gasteiger charge is 2.18. The summed E-state index contributed by atoms with van der Waals surface area (Å²) in [5, 5.41) is 3.49. The molecule has 1 N–H and O–H groups in total. The van der Waals surface area contributed by atoms with Crippen LogP contribution in [0.2, 0.25) is 0 Å². The molecule has 0 aliphatic heterocycles. The smallest absolute Gasteiger partial charge is 0.214 e. The topological polar surface area (TPSA) is 34.1 Å². The van der Waals surface area contributed by atoms with Crippen molar-refractivity contribution in [2.75, 3.05) is 6.54 Å². The van der Waals surface area contributed by atoms with E-state index in [9.17, 15) is 0 Å². The molecule has 0 aliphatic rings. The lowest BCUT2D eigenvalue weighted by atomic mass is 10.1. The lowest BCUT2D eigenvalue weighted by Gasteiger charge is -2.25. The van der Waals surface area contributed by atoms with E-state index in [0.717, 1.165) is 31.1 Å². The van der Waals surface area contributed by atoms with Gasteiger partial charge in [0.2, 0.25) is 5.88 Å². The molecule has 0 spiro atoms. The average Bonchev–Trinajstić information content (AvgIpc) is 2.37. The lowest BCUT2D eigenvalue weighted by molar-refractivity contribution is 0.0985. The highest BCUT2D eigenvalue weighted by Crippen LogP contribution is 2.23. The summed E-state index contributed by atoms with van der Waals surface area (Å²) in [7, 11) is 0. The van der Waals surface area contributed by atoms with Crippen molar-refractivity contribution < 1.29 is 4.74 Å². The Bertz CT molecular complexity index is 439. The molecule has 0 radical (unpaired) electrons. The lowest BCUT2D eigenvalue weighted by Crippen LogP contribution is -2.27. The first-order valence-electron chi connectivity index (χ1n) is 8.14. The Hall–Kier alpha value is -1.09. The zero-order chi connectivity index (χ0) is 16.0. The van der Waals surface area contributed by atoms with Crippen molar-refractivity contribution in [3.05, 3.63) is 23.4 Å². The van der Waals surface area contributed by atoms with Crippen LogP contribution in [-0.2, 0) is 6.54 Å². The highest BCUT2D eigenvalue weighted by atomic mass is 16.5. The molecule has 0 bridgehead atoms. The summed E-state index contributed by atoms with van der Waals surface area (Å²) in [4.78, 5) is 4.66. The van der Waals surface area contributed by atoms with Gasteiger partial charge in [0, 0.05) is 18.3 Å². The fourth-order valence-corrected chi connectivity index (χ4v) is 1.89. The first kappa shape index (κ1) is 18.0. The summed E-state index contributed by atoms with van der Waals surface area (Å²) in [5.74, 6) is 1.81. The van der Waals surface area contributed by atoms with E-state index >= 15 is 0 Å². The molecule has 0 fully saturated rings. The van der Waals surface area contributed by atoms with Crippen LogP contribution in [0.1, 0.15) is 72.1 Å². The monoisotopic (exact) mass is 292 g/mol. The number of nitrogens with one attached hydrogen (secondary N) is 1. The van der Waals surface area contributed by atoms with Crippen LogP contribution < -0.4 is 10.1 Å². The Kier molecular flexibility index (Phi) is 6.66. The molecule has 0 aromatic carbocycles. The van der Waals surface area contributed by atoms with E-state index in [0.29, 0.717) is 11.8 Å². The van der Waals surface area contributed by atoms with E-state index in [4.69, 9.17) is 4.74 Å². The van der Waals surface area contributed by atoms with E-state index in [1.54, 1.807) is 0 Å². The third kappa shape index (κ3) is 6.47. The average molecular weight is 292 g/mol. The molecule has 1 rings (SSSR count). The van der Waals surface area contributed by atoms with Crippen molar-refractivity contribution in [3.63, 3.8) is 0 Å². The number of hydrogen-bond donors (Lipinski definition) is 1. The second kappa shape index (κ2) is 7.79. The minimum Gasteiger partial charge on any atom is -0.472 e. The van der Waals surface area contributed by atoms with Gasteiger partial charge < -0.3 is 10.1 Å². The fourth-order valence-electron chi connectivity index (χ4n) is 1.89. The quantitative estimate of drug-likeness (QED) is 0.765. The molecular formula is C18H32N2O. The van der Waals surface area contributed by atoms with Gasteiger partial charge >= 0.3 is 0 Å². The minimum atomic E-state index is -0.175. The van der Waals surface area contributed by atoms with E-state index in [-0.39, 0.29) is 5.60 Å². The van der Waals surface area contributed by atoms with Crippen molar-refractivity contribution in [1.29, 1.82) is 0 Å². The van der Waals surface area contributed by atoms with Crippen molar-refractivity contribution in [3.8, 4) is 5.88 Å². The summed E-state index contributed by atoms with van der Waals surface area (Å²) in [5.41, 5.74) is 2.17. The van der Waals surface area contributed by atoms with E-state index < -0.39 is 0 Å². The zero-order valence-electron chi connectivity index (χ0n) is 14.8. The summed E-state index contributed by atoms with van der Waals surface area (Å²) in [6.07, 6.45) is 0.960. The van der Waals surface area contributed by atoms with Crippen molar-refractivity contribution in [1.82, 2.24) is 10.3 Å². The van der Waals surface area contributed by atoms with E-state index in [1.165, 1.54) is 5.56 Å². The fraction of sp³-hybridized carbons (Fsp3) is 0.722. The number of hydrogen-bond acceptors (Lipinski definition) is 3. The van der Waals surface area contributed by atoms with Crippen molar-refractivity contribution in [2.45, 2.75) is 73.0 Å². The molecule has 120 valence electrons. The zero-order valence-corrected chi connectivity index (χ0v) is 14.8. The summed E-state index contributed by atoms with van der Waals surface area (Å²) < 4.78 is 6.07. The van der Waals surface area contributed by atoms with Crippen LogP contribution >= 0.6 is 0 Å². The Labute approximate surface area is 130 Å². The Balaban J connectivity index is 2.90. The van der Waals surface area contributed by atoms with Crippen LogP contribution in [0.25, 0.3) is 0 Å². The van der Waals surface area contributed by atoms with Gasteiger partial charge in [-0.2, -0.15) is 0 Å². The van der Waals surface area contributed by atoms with Crippen LogP contribution in [0.5, 0.6) is 5.88 Å². The first-order chi connectivity index (χ1) is 9.73. The second-order valence-corrected chi connectivity index (χ2v) is 7.13. The molecule has 0 amide bonds. The minimum absolute atomic E-state index is 0.175. The SMILES string of the molecule is CCC(C)(C)Oc1cc(CNCC(C)C)cc(C(C)C)n1. The van der Waals surface area contributed by atoms with Gasteiger partial charge in [-0.05, 0) is 50.3 Å². The van der Waals surface area contributed by atoms with Gasteiger partial charge in [0.15, 0.2) is 0 Å². The maximum absolute atomic E-state index is 6.07. The van der Waals surface area contributed by atoms with Crippen LogP contribution in [0.3, 0.4) is 0 Å². The van der Waals surface area contributed by atoms with E-state index in [1.807, 2.05) is 0 Å². The van der Waals surface area contributed by atoms with Gasteiger partial charge in [-0.1, -0.05) is 34.6 Å². The number of ether oxygens (including phenoxy) is 1. The molecule has 1 heterocycles. The predicted octanol–water partition coefficient (Wildman–Crippen LogP) is 4.52. The summed E-state index contributed by atoms with van der Waals surface area (Å²) >= 11 is 0. The maximum Gasteiger partial charge on any atom is 0.214 e. The molecule has 1 aromatic rings. The van der Waals surface area contributed by atoms with Crippen molar-refractivity contribution in [2.24, 2.45) is 5.92 Å². The van der Waals surface area contributed by atoms with Gasteiger partial charge in [-0.3, -0.25) is 0 Å². The first-order valence-corrected chi connectivity index (χ1v) is 8.14. The third-order valence-electron chi connectivity index (χ3n) is 3.59. The predicted molar refractivity (Wildman–Crippen MR) is 89.9 cm³/mol. The van der Waals surface area contributed by atoms with Gasteiger partial charge in [-0.15, -0.1) is 0 Å². The molecule has 0 unspecified atom stereocenters. The summed E-state index contributed by atoms with van der Waals surface area (Å²) in [6.45, 7) is 17.0. The number of pyridine rings is 1. The van der Waals surface area contributed by atoms with E-state index in [2.05, 4.69) is 70.9 Å². The van der Waals surface area contributed by atoms with Gasteiger partial charge in [0.05, 0.1) is 0 Å². The molecule has 3 nitrogen and oxygen atoms in total. The molecular weight excluding hydrogens is 260 g/mol. The number of aromatic nitrogens is 1. The summed E-state index contributed by atoms with van der Waals surface area (Å²) in [6, 6.07) is 4.25.